The van der Waals surface area contributed by atoms with Crippen molar-refractivity contribution in [3.63, 3.8) is 0 Å². The number of fused-ring (bicyclic) bond motifs is 1. The van der Waals surface area contributed by atoms with Crippen molar-refractivity contribution < 1.29 is 27.8 Å². The topological polar surface area (TPSA) is 89.8 Å². The van der Waals surface area contributed by atoms with Crippen LogP contribution in [0.15, 0.2) is 39.9 Å². The maximum atomic E-state index is 14.6. The quantitative estimate of drug-likeness (QED) is 0.677. The van der Waals surface area contributed by atoms with E-state index >= 15 is 0 Å². The summed E-state index contributed by atoms with van der Waals surface area (Å²) in [5.74, 6) is -0.626. The molecule has 3 aliphatic rings. The standard InChI is InChI=1S/C23H28F3N5O3/c1-13(15-5-4-6-16(19(15)24)20(25)26)27-22(33)17-9-18(30-7-8-34-14(10-30)11-32)29-31-12-23(2,3)28-21(17)31/h4-6,9,13-14,20,32H,7-8,10-12H2,1-3H3,(H,27,33)/t13-,14-/m1/s1. The molecule has 34 heavy (non-hydrogen) atoms. The molecule has 0 spiro atoms. The Labute approximate surface area is 195 Å². The van der Waals surface area contributed by atoms with Gasteiger partial charge in [-0.05, 0) is 26.8 Å². The molecule has 184 valence electrons. The number of hydrogen-bond acceptors (Lipinski definition) is 7. The second-order valence-electron chi connectivity index (χ2n) is 9.19. The number of carbonyl (C=O) groups excluding carboxylic acids is 1. The summed E-state index contributed by atoms with van der Waals surface area (Å²) in [5.41, 5.74) is -0.958. The number of hydrazone groups is 1. The fourth-order valence-corrected chi connectivity index (χ4v) is 4.23. The molecule has 0 aliphatic carbocycles. The van der Waals surface area contributed by atoms with Gasteiger partial charge < -0.3 is 20.1 Å². The summed E-state index contributed by atoms with van der Waals surface area (Å²) in [4.78, 5) is 19.9. The number of aliphatic imine (C=N–C) groups is 1. The van der Waals surface area contributed by atoms with Gasteiger partial charge in [0.2, 0.25) is 0 Å². The molecule has 0 radical (unpaired) electrons. The molecule has 1 aromatic rings. The lowest BCUT2D eigenvalue weighted by Gasteiger charge is -2.35. The molecule has 11 heteroatoms. The summed E-state index contributed by atoms with van der Waals surface area (Å²) in [6.07, 6.45) is -1.70. The second kappa shape index (κ2) is 9.38. The van der Waals surface area contributed by atoms with Gasteiger partial charge in [0.15, 0.2) is 5.84 Å². The lowest BCUT2D eigenvalue weighted by molar-refractivity contribution is -0.117. The van der Waals surface area contributed by atoms with Gasteiger partial charge in [-0.25, -0.2) is 18.2 Å². The molecule has 3 heterocycles. The van der Waals surface area contributed by atoms with E-state index < -0.39 is 35.3 Å². The monoisotopic (exact) mass is 479 g/mol. The molecule has 4 rings (SSSR count). The van der Waals surface area contributed by atoms with Gasteiger partial charge in [-0.3, -0.25) is 9.79 Å². The summed E-state index contributed by atoms with van der Waals surface area (Å²) < 4.78 is 46.4. The van der Waals surface area contributed by atoms with Crippen molar-refractivity contribution in [2.75, 3.05) is 32.8 Å². The zero-order valence-electron chi connectivity index (χ0n) is 19.3. The summed E-state index contributed by atoms with van der Waals surface area (Å²) in [7, 11) is 0. The highest BCUT2D eigenvalue weighted by molar-refractivity contribution is 6.25. The first-order chi connectivity index (χ1) is 16.1. The Morgan fingerprint density at radius 3 is 2.79 bits per heavy atom. The third kappa shape index (κ3) is 4.80. The number of aliphatic hydroxyl groups excluding tert-OH is 1. The number of benzene rings is 1. The summed E-state index contributed by atoms with van der Waals surface area (Å²) in [5, 5.41) is 18.5. The van der Waals surface area contributed by atoms with Crippen LogP contribution in [0.25, 0.3) is 0 Å². The van der Waals surface area contributed by atoms with Crippen LogP contribution in [0.4, 0.5) is 13.2 Å². The Hall–Kier alpha value is -2.92. The number of nitrogens with zero attached hydrogens (tertiary/aromatic N) is 4. The van der Waals surface area contributed by atoms with E-state index in [9.17, 15) is 23.1 Å². The largest absolute Gasteiger partial charge is 0.394 e. The number of morpholine rings is 1. The average molecular weight is 480 g/mol. The minimum absolute atomic E-state index is 0.0269. The van der Waals surface area contributed by atoms with Crippen LogP contribution in [-0.2, 0) is 9.53 Å². The number of nitrogens with one attached hydrogen (secondary N) is 1. The first-order valence-electron chi connectivity index (χ1n) is 11.1. The molecule has 1 fully saturated rings. The zero-order chi connectivity index (χ0) is 24.6. The number of ether oxygens (including phenoxy) is 1. The van der Waals surface area contributed by atoms with Crippen molar-refractivity contribution in [1.82, 2.24) is 15.2 Å². The molecule has 0 aromatic heterocycles. The lowest BCUT2D eigenvalue weighted by Crippen LogP contribution is -2.49. The van der Waals surface area contributed by atoms with Crippen molar-refractivity contribution in [1.29, 1.82) is 0 Å². The van der Waals surface area contributed by atoms with E-state index in [2.05, 4.69) is 15.4 Å². The molecule has 2 N–H and O–H groups in total. The van der Waals surface area contributed by atoms with Gasteiger partial charge >= 0.3 is 0 Å². The second-order valence-corrected chi connectivity index (χ2v) is 9.19. The number of hydrogen-bond donors (Lipinski definition) is 2. The third-order valence-electron chi connectivity index (χ3n) is 5.95. The van der Waals surface area contributed by atoms with Crippen molar-refractivity contribution >= 4 is 17.6 Å². The maximum absolute atomic E-state index is 14.6. The molecule has 0 bridgehead atoms. The molecule has 8 nitrogen and oxygen atoms in total. The highest BCUT2D eigenvalue weighted by atomic mass is 19.3. The van der Waals surface area contributed by atoms with Crippen molar-refractivity contribution in [3.05, 3.63) is 46.8 Å². The minimum atomic E-state index is -2.96. The van der Waals surface area contributed by atoms with E-state index in [1.165, 1.54) is 19.1 Å². The smallest absolute Gasteiger partial charge is 0.266 e. The molecule has 1 amide bonds. The van der Waals surface area contributed by atoms with E-state index in [0.29, 0.717) is 37.9 Å². The highest BCUT2D eigenvalue weighted by Crippen LogP contribution is 2.30. The highest BCUT2D eigenvalue weighted by Gasteiger charge is 2.39. The summed E-state index contributed by atoms with van der Waals surface area (Å²) in [6, 6.07) is 2.88. The molecule has 3 aliphatic heterocycles. The van der Waals surface area contributed by atoms with Gasteiger partial charge in [-0.15, -0.1) is 0 Å². The molecular formula is C23H28F3N5O3. The molecule has 0 unspecified atom stereocenters. The van der Waals surface area contributed by atoms with Crippen LogP contribution >= 0.6 is 0 Å². The number of aliphatic hydroxyl groups is 1. The van der Waals surface area contributed by atoms with Crippen LogP contribution in [0.1, 0.15) is 44.4 Å². The van der Waals surface area contributed by atoms with Gasteiger partial charge in [0.05, 0.1) is 48.6 Å². The van der Waals surface area contributed by atoms with E-state index in [-0.39, 0.29) is 23.8 Å². The fraction of sp³-hybridized carbons (Fsp3) is 0.522. The summed E-state index contributed by atoms with van der Waals surface area (Å²) >= 11 is 0. The molecule has 1 saturated heterocycles. The Bertz CT molecular complexity index is 1060. The Balaban J connectivity index is 1.61. The van der Waals surface area contributed by atoms with Gasteiger partial charge in [-0.2, -0.15) is 5.10 Å². The number of amidine groups is 2. The van der Waals surface area contributed by atoms with E-state index in [1.807, 2.05) is 18.7 Å². The van der Waals surface area contributed by atoms with Crippen LogP contribution in [0.5, 0.6) is 0 Å². The average Bonchev–Trinajstić information content (AvgIpc) is 3.11. The van der Waals surface area contributed by atoms with Crippen molar-refractivity contribution in [3.8, 4) is 0 Å². The minimum Gasteiger partial charge on any atom is -0.394 e. The molecule has 2 atom stereocenters. The van der Waals surface area contributed by atoms with Crippen LogP contribution in [0, 0.1) is 5.82 Å². The first-order valence-corrected chi connectivity index (χ1v) is 11.1. The number of halogens is 3. The number of alkyl halides is 2. The Morgan fingerprint density at radius 1 is 1.35 bits per heavy atom. The lowest BCUT2D eigenvalue weighted by atomic mass is 10.0. The number of amides is 1. The SMILES string of the molecule is C[C@@H](NC(=O)C1=CC(N2CCO[C@@H](CO)C2)=NN2CC(C)(C)N=C12)c1cccc(C(F)F)c1F. The van der Waals surface area contributed by atoms with Gasteiger partial charge in [0.1, 0.15) is 11.7 Å². The summed E-state index contributed by atoms with van der Waals surface area (Å²) in [6.45, 7) is 7.06. The van der Waals surface area contributed by atoms with Crippen LogP contribution in [-0.4, -0.2) is 77.1 Å². The predicted octanol–water partition coefficient (Wildman–Crippen LogP) is 2.38. The number of rotatable bonds is 5. The molecule has 0 saturated carbocycles. The third-order valence-corrected chi connectivity index (χ3v) is 5.95. The number of carbonyl (C=O) groups is 1. The van der Waals surface area contributed by atoms with E-state index in [0.717, 1.165) is 6.07 Å². The van der Waals surface area contributed by atoms with E-state index in [1.54, 1.807) is 11.1 Å². The normalized spacial score (nSPS) is 22.7. The zero-order valence-corrected chi connectivity index (χ0v) is 19.3. The predicted molar refractivity (Wildman–Crippen MR) is 120 cm³/mol. The van der Waals surface area contributed by atoms with E-state index in [4.69, 9.17) is 4.74 Å². The fourth-order valence-electron chi connectivity index (χ4n) is 4.23. The van der Waals surface area contributed by atoms with Crippen LogP contribution in [0.2, 0.25) is 0 Å². The maximum Gasteiger partial charge on any atom is 0.266 e. The van der Waals surface area contributed by atoms with Gasteiger partial charge in [-0.1, -0.05) is 18.2 Å². The Morgan fingerprint density at radius 2 is 2.09 bits per heavy atom. The van der Waals surface area contributed by atoms with Gasteiger partial charge in [0, 0.05) is 18.7 Å². The van der Waals surface area contributed by atoms with Crippen molar-refractivity contribution in [2.45, 2.75) is 44.9 Å². The van der Waals surface area contributed by atoms with Crippen LogP contribution < -0.4 is 5.32 Å². The van der Waals surface area contributed by atoms with Gasteiger partial charge in [0.25, 0.3) is 12.3 Å². The Kier molecular flexibility index (Phi) is 6.68. The van der Waals surface area contributed by atoms with Crippen LogP contribution in [0.3, 0.4) is 0 Å². The molecule has 1 aromatic carbocycles. The first kappa shape index (κ1) is 24.2. The molecular weight excluding hydrogens is 451 g/mol. The van der Waals surface area contributed by atoms with Crippen molar-refractivity contribution in [2.24, 2.45) is 10.1 Å².